The standard InChI is InChI=1S/C15H12BrCl2F2N/c1-7-5-12(20)9(16)6-13(7)21-8(2)14-10(17)3-4-11(19)15(14)18/h3-6,8,21H,1-2H3. The normalized spacial score (nSPS) is 12.3. The van der Waals surface area contributed by atoms with Crippen LogP contribution in [0, 0.1) is 18.6 Å². The molecule has 2 aromatic rings. The second-order valence-electron chi connectivity index (χ2n) is 4.70. The van der Waals surface area contributed by atoms with E-state index in [-0.39, 0.29) is 16.9 Å². The van der Waals surface area contributed by atoms with E-state index in [9.17, 15) is 8.78 Å². The molecule has 0 spiro atoms. The number of nitrogens with one attached hydrogen (secondary N) is 1. The third kappa shape index (κ3) is 3.50. The van der Waals surface area contributed by atoms with Gasteiger partial charge in [-0.05, 0) is 59.6 Å². The molecule has 0 amide bonds. The highest BCUT2D eigenvalue weighted by atomic mass is 79.9. The Morgan fingerprint density at radius 1 is 1.14 bits per heavy atom. The Morgan fingerprint density at radius 2 is 1.81 bits per heavy atom. The van der Waals surface area contributed by atoms with Crippen LogP contribution in [0.5, 0.6) is 0 Å². The lowest BCUT2D eigenvalue weighted by molar-refractivity contribution is 0.620. The van der Waals surface area contributed by atoms with Crippen LogP contribution in [0.3, 0.4) is 0 Å². The fraction of sp³-hybridized carbons (Fsp3) is 0.200. The van der Waals surface area contributed by atoms with Crippen LogP contribution in [-0.4, -0.2) is 0 Å². The van der Waals surface area contributed by atoms with E-state index in [1.165, 1.54) is 18.2 Å². The van der Waals surface area contributed by atoms with Crippen molar-refractivity contribution in [2.24, 2.45) is 0 Å². The van der Waals surface area contributed by atoms with E-state index in [0.717, 1.165) is 5.56 Å². The van der Waals surface area contributed by atoms with Gasteiger partial charge in [0.05, 0.1) is 15.5 Å². The SMILES string of the molecule is Cc1cc(F)c(Br)cc1NC(C)c1c(Cl)ccc(F)c1Cl. The first kappa shape index (κ1) is 16.5. The van der Waals surface area contributed by atoms with E-state index in [1.54, 1.807) is 13.0 Å². The molecule has 1 unspecified atom stereocenters. The second-order valence-corrected chi connectivity index (χ2v) is 6.34. The van der Waals surface area contributed by atoms with Gasteiger partial charge in [-0.1, -0.05) is 23.2 Å². The molecule has 2 rings (SSSR count). The molecule has 1 atom stereocenters. The van der Waals surface area contributed by atoms with Crippen molar-refractivity contribution >= 4 is 44.8 Å². The minimum atomic E-state index is -0.526. The molecule has 112 valence electrons. The van der Waals surface area contributed by atoms with Crippen molar-refractivity contribution in [2.75, 3.05) is 5.32 Å². The Balaban J connectivity index is 2.37. The summed E-state index contributed by atoms with van der Waals surface area (Å²) >= 11 is 15.2. The van der Waals surface area contributed by atoms with Gasteiger partial charge in [-0.25, -0.2) is 8.78 Å². The molecule has 0 aliphatic heterocycles. The minimum Gasteiger partial charge on any atom is -0.378 e. The molecular weight excluding hydrogens is 383 g/mol. The Kier molecular flexibility index (Phi) is 5.12. The van der Waals surface area contributed by atoms with E-state index in [4.69, 9.17) is 23.2 Å². The van der Waals surface area contributed by atoms with Crippen LogP contribution < -0.4 is 5.32 Å². The van der Waals surface area contributed by atoms with Crippen LogP contribution in [0.25, 0.3) is 0 Å². The number of anilines is 1. The summed E-state index contributed by atoms with van der Waals surface area (Å²) in [4.78, 5) is 0. The van der Waals surface area contributed by atoms with Crippen LogP contribution in [-0.2, 0) is 0 Å². The van der Waals surface area contributed by atoms with Crippen molar-refractivity contribution in [1.82, 2.24) is 0 Å². The highest BCUT2D eigenvalue weighted by molar-refractivity contribution is 9.10. The van der Waals surface area contributed by atoms with Crippen LogP contribution in [0.15, 0.2) is 28.7 Å². The second kappa shape index (κ2) is 6.51. The van der Waals surface area contributed by atoms with E-state index in [0.29, 0.717) is 20.7 Å². The molecule has 0 fully saturated rings. The molecule has 0 bridgehead atoms. The van der Waals surface area contributed by atoms with Gasteiger partial charge in [0.25, 0.3) is 0 Å². The van der Waals surface area contributed by atoms with Gasteiger partial charge in [0.15, 0.2) is 0 Å². The zero-order valence-corrected chi connectivity index (χ0v) is 14.4. The van der Waals surface area contributed by atoms with Gasteiger partial charge >= 0.3 is 0 Å². The highest BCUT2D eigenvalue weighted by Crippen LogP contribution is 2.35. The predicted octanol–water partition coefficient (Wildman–Crippen LogP) is 6.52. The first-order chi connectivity index (χ1) is 9.81. The largest absolute Gasteiger partial charge is 0.378 e. The van der Waals surface area contributed by atoms with Crippen molar-refractivity contribution in [2.45, 2.75) is 19.9 Å². The summed E-state index contributed by atoms with van der Waals surface area (Å²) in [7, 11) is 0. The summed E-state index contributed by atoms with van der Waals surface area (Å²) in [6.45, 7) is 3.59. The maximum Gasteiger partial charge on any atom is 0.142 e. The first-order valence-electron chi connectivity index (χ1n) is 6.16. The molecule has 0 saturated heterocycles. The smallest absolute Gasteiger partial charge is 0.142 e. The molecule has 0 aromatic heterocycles. The number of hydrogen-bond acceptors (Lipinski definition) is 1. The first-order valence-corrected chi connectivity index (χ1v) is 7.71. The van der Waals surface area contributed by atoms with Crippen LogP contribution >= 0.6 is 39.1 Å². The van der Waals surface area contributed by atoms with Crippen molar-refractivity contribution in [3.8, 4) is 0 Å². The average Bonchev–Trinajstić information content (AvgIpc) is 2.41. The maximum atomic E-state index is 13.6. The Morgan fingerprint density at radius 3 is 2.48 bits per heavy atom. The van der Waals surface area contributed by atoms with Crippen molar-refractivity contribution in [1.29, 1.82) is 0 Å². The Hall–Kier alpha value is -0.840. The van der Waals surface area contributed by atoms with Gasteiger partial charge in [0, 0.05) is 16.3 Å². The lowest BCUT2D eigenvalue weighted by Crippen LogP contribution is -2.10. The average molecular weight is 395 g/mol. The van der Waals surface area contributed by atoms with Crippen molar-refractivity contribution in [3.05, 3.63) is 61.5 Å². The summed E-state index contributed by atoms with van der Waals surface area (Å²) in [6.07, 6.45) is 0. The molecule has 0 saturated carbocycles. The van der Waals surface area contributed by atoms with E-state index >= 15 is 0 Å². The van der Waals surface area contributed by atoms with Gasteiger partial charge in [-0.15, -0.1) is 0 Å². The molecule has 1 N–H and O–H groups in total. The monoisotopic (exact) mass is 393 g/mol. The molecule has 0 radical (unpaired) electrons. The molecule has 0 aliphatic rings. The lowest BCUT2D eigenvalue weighted by atomic mass is 10.1. The molecule has 0 heterocycles. The molecule has 2 aromatic carbocycles. The van der Waals surface area contributed by atoms with Gasteiger partial charge in [-0.3, -0.25) is 0 Å². The van der Waals surface area contributed by atoms with Crippen LogP contribution in [0.1, 0.15) is 24.1 Å². The Labute approximate surface area is 140 Å². The van der Waals surface area contributed by atoms with E-state index in [1.807, 2.05) is 6.92 Å². The van der Waals surface area contributed by atoms with Gasteiger partial charge < -0.3 is 5.32 Å². The zero-order valence-electron chi connectivity index (χ0n) is 11.3. The summed E-state index contributed by atoms with van der Waals surface area (Å²) in [5, 5.41) is 3.53. The van der Waals surface area contributed by atoms with Crippen LogP contribution in [0.2, 0.25) is 10.0 Å². The minimum absolute atomic E-state index is 0.0127. The van der Waals surface area contributed by atoms with Gasteiger partial charge in [0.1, 0.15) is 11.6 Å². The van der Waals surface area contributed by atoms with Crippen molar-refractivity contribution in [3.63, 3.8) is 0 Å². The van der Waals surface area contributed by atoms with E-state index in [2.05, 4.69) is 21.2 Å². The zero-order chi connectivity index (χ0) is 15.7. The molecule has 1 nitrogen and oxygen atoms in total. The predicted molar refractivity (Wildman–Crippen MR) is 87.3 cm³/mol. The number of hydrogen-bond donors (Lipinski definition) is 1. The number of halogens is 5. The van der Waals surface area contributed by atoms with Crippen LogP contribution in [0.4, 0.5) is 14.5 Å². The topological polar surface area (TPSA) is 12.0 Å². The summed E-state index contributed by atoms with van der Waals surface area (Å²) in [6, 6.07) is 5.39. The highest BCUT2D eigenvalue weighted by Gasteiger charge is 2.18. The molecule has 21 heavy (non-hydrogen) atoms. The number of aryl methyl sites for hydroxylation is 1. The van der Waals surface area contributed by atoms with E-state index < -0.39 is 5.82 Å². The molecular formula is C15H12BrCl2F2N. The lowest BCUT2D eigenvalue weighted by Gasteiger charge is -2.20. The molecule has 0 aliphatic carbocycles. The number of rotatable bonds is 3. The third-order valence-corrected chi connectivity index (χ3v) is 4.47. The maximum absolute atomic E-state index is 13.6. The summed E-state index contributed by atoms with van der Waals surface area (Å²) in [5.41, 5.74) is 1.91. The third-order valence-electron chi connectivity index (χ3n) is 3.15. The van der Waals surface area contributed by atoms with Gasteiger partial charge in [-0.2, -0.15) is 0 Å². The fourth-order valence-corrected chi connectivity index (χ4v) is 3.09. The van der Waals surface area contributed by atoms with Gasteiger partial charge in [0.2, 0.25) is 0 Å². The fourth-order valence-electron chi connectivity index (χ4n) is 2.05. The quantitative estimate of drug-likeness (QED) is 0.584. The Bertz CT molecular complexity index is 692. The summed E-state index contributed by atoms with van der Waals surface area (Å²) in [5.74, 6) is -0.866. The molecule has 6 heteroatoms. The number of benzene rings is 2. The van der Waals surface area contributed by atoms with Crippen molar-refractivity contribution < 1.29 is 8.78 Å². The summed E-state index contributed by atoms with van der Waals surface area (Å²) < 4.78 is 27.4.